The van der Waals surface area contributed by atoms with Gasteiger partial charge in [0.05, 0.1) is 16.7 Å². The third kappa shape index (κ3) is 2.50. The van der Waals surface area contributed by atoms with Gasteiger partial charge in [-0.1, -0.05) is 0 Å². The Hall–Kier alpha value is -2.54. The number of aromatic nitrogens is 4. The maximum absolute atomic E-state index is 11.7. The summed E-state index contributed by atoms with van der Waals surface area (Å²) in [7, 11) is 3.72. The van der Waals surface area contributed by atoms with Gasteiger partial charge in [-0.15, -0.1) is 0 Å². The van der Waals surface area contributed by atoms with Crippen molar-refractivity contribution in [2.75, 3.05) is 18.5 Å². The molecule has 1 aromatic carbocycles. The molecular formula is C17H21N5O2. The van der Waals surface area contributed by atoms with E-state index in [9.17, 15) is 4.79 Å². The third-order valence-electron chi connectivity index (χ3n) is 4.84. The first-order chi connectivity index (χ1) is 11.6. The molecule has 1 aliphatic rings. The summed E-state index contributed by atoms with van der Waals surface area (Å²) in [6.45, 7) is 1.59. The number of hydrogen-bond acceptors (Lipinski definition) is 4. The van der Waals surface area contributed by atoms with Gasteiger partial charge in [0.15, 0.2) is 0 Å². The molecule has 2 aromatic heterocycles. The highest BCUT2D eigenvalue weighted by molar-refractivity contribution is 5.79. The molecule has 0 spiro atoms. The first kappa shape index (κ1) is 15.0. The number of nitrogens with zero attached hydrogens (tertiary/aromatic N) is 3. The van der Waals surface area contributed by atoms with Gasteiger partial charge in [0.25, 0.3) is 0 Å². The van der Waals surface area contributed by atoms with Crippen molar-refractivity contribution in [2.45, 2.75) is 12.5 Å². The van der Waals surface area contributed by atoms with Crippen LogP contribution in [0.4, 0.5) is 5.69 Å². The van der Waals surface area contributed by atoms with Crippen molar-refractivity contribution in [2.24, 2.45) is 20.0 Å². The minimum absolute atomic E-state index is 0.0744. The number of nitrogens with one attached hydrogen (secondary N) is 2. The summed E-state index contributed by atoms with van der Waals surface area (Å²) >= 11 is 0. The Labute approximate surface area is 139 Å². The summed E-state index contributed by atoms with van der Waals surface area (Å²) in [5.41, 5.74) is 3.78. The van der Waals surface area contributed by atoms with Crippen LogP contribution in [0.1, 0.15) is 18.2 Å². The molecular weight excluding hydrogens is 306 g/mol. The molecule has 1 fully saturated rings. The van der Waals surface area contributed by atoms with Crippen molar-refractivity contribution in [1.82, 2.24) is 19.3 Å². The summed E-state index contributed by atoms with van der Waals surface area (Å²) in [4.78, 5) is 14.5. The number of H-pyrrole nitrogens is 1. The predicted octanol–water partition coefficient (Wildman–Crippen LogP) is 1.79. The zero-order chi connectivity index (χ0) is 16.7. The van der Waals surface area contributed by atoms with Gasteiger partial charge in [-0.2, -0.15) is 5.10 Å². The van der Waals surface area contributed by atoms with E-state index >= 15 is 0 Å². The SMILES string of the molecule is Cn1nccc1[C@@H]1OCC[C@H]1CNc1ccc2[nH]c(=O)n(C)c2c1. The number of aryl methyl sites for hydroxylation is 2. The van der Waals surface area contributed by atoms with Crippen LogP contribution in [0.2, 0.25) is 0 Å². The van der Waals surface area contributed by atoms with Crippen LogP contribution >= 0.6 is 0 Å². The van der Waals surface area contributed by atoms with Crippen LogP contribution in [0.25, 0.3) is 11.0 Å². The zero-order valence-corrected chi connectivity index (χ0v) is 13.8. The Kier molecular flexibility index (Phi) is 3.65. The van der Waals surface area contributed by atoms with Crippen LogP contribution in [0, 0.1) is 5.92 Å². The van der Waals surface area contributed by atoms with Gasteiger partial charge in [0.1, 0.15) is 6.10 Å². The Morgan fingerprint density at radius 2 is 2.25 bits per heavy atom. The molecule has 24 heavy (non-hydrogen) atoms. The fraction of sp³-hybridized carbons (Fsp3) is 0.412. The van der Waals surface area contributed by atoms with Crippen molar-refractivity contribution in [3.8, 4) is 0 Å². The number of fused-ring (bicyclic) bond motifs is 1. The van der Waals surface area contributed by atoms with E-state index in [0.29, 0.717) is 5.92 Å². The summed E-state index contributed by atoms with van der Waals surface area (Å²) in [5.74, 6) is 0.395. The molecule has 7 nitrogen and oxygen atoms in total. The number of rotatable bonds is 4. The second-order valence-electron chi connectivity index (χ2n) is 6.32. The van der Waals surface area contributed by atoms with Crippen LogP contribution in [-0.4, -0.2) is 32.5 Å². The van der Waals surface area contributed by atoms with E-state index in [1.54, 1.807) is 11.6 Å². The Balaban J connectivity index is 1.51. The van der Waals surface area contributed by atoms with Crippen LogP contribution in [0.3, 0.4) is 0 Å². The molecule has 4 rings (SSSR count). The van der Waals surface area contributed by atoms with E-state index in [1.807, 2.05) is 42.2 Å². The lowest BCUT2D eigenvalue weighted by Gasteiger charge is -2.19. The number of ether oxygens (including phenoxy) is 1. The Bertz CT molecular complexity index is 923. The van der Waals surface area contributed by atoms with Crippen LogP contribution in [-0.2, 0) is 18.8 Å². The molecule has 1 saturated heterocycles. The van der Waals surface area contributed by atoms with Crippen molar-refractivity contribution >= 4 is 16.7 Å². The Morgan fingerprint density at radius 3 is 3.04 bits per heavy atom. The first-order valence-electron chi connectivity index (χ1n) is 8.15. The van der Waals surface area contributed by atoms with Gasteiger partial charge in [0, 0.05) is 45.0 Å². The molecule has 2 N–H and O–H groups in total. The molecule has 0 bridgehead atoms. The lowest BCUT2D eigenvalue weighted by molar-refractivity contribution is 0.0866. The van der Waals surface area contributed by atoms with Gasteiger partial charge in [0.2, 0.25) is 0 Å². The molecule has 3 aromatic rings. The van der Waals surface area contributed by atoms with E-state index in [4.69, 9.17) is 4.74 Å². The first-order valence-corrected chi connectivity index (χ1v) is 8.15. The summed E-state index contributed by atoms with van der Waals surface area (Å²) < 4.78 is 9.42. The molecule has 3 heterocycles. The predicted molar refractivity (Wildman–Crippen MR) is 92.0 cm³/mol. The molecule has 1 aliphatic heterocycles. The van der Waals surface area contributed by atoms with Crippen molar-refractivity contribution < 1.29 is 4.74 Å². The molecule has 2 atom stereocenters. The smallest absolute Gasteiger partial charge is 0.326 e. The number of hydrogen-bond donors (Lipinski definition) is 2. The fourth-order valence-corrected chi connectivity index (χ4v) is 3.42. The topological polar surface area (TPSA) is 76.9 Å². The monoisotopic (exact) mass is 327 g/mol. The van der Waals surface area contributed by atoms with Crippen molar-refractivity contribution in [1.29, 1.82) is 0 Å². The minimum Gasteiger partial charge on any atom is -0.385 e. The normalized spacial score (nSPS) is 20.8. The van der Waals surface area contributed by atoms with E-state index in [0.717, 1.165) is 42.0 Å². The molecule has 0 unspecified atom stereocenters. The van der Waals surface area contributed by atoms with Crippen LogP contribution in [0.5, 0.6) is 0 Å². The lowest BCUT2D eigenvalue weighted by atomic mass is 9.99. The lowest BCUT2D eigenvalue weighted by Crippen LogP contribution is -2.19. The largest absolute Gasteiger partial charge is 0.385 e. The summed E-state index contributed by atoms with van der Waals surface area (Å²) in [6, 6.07) is 7.95. The van der Waals surface area contributed by atoms with Gasteiger partial charge in [-0.25, -0.2) is 4.79 Å². The third-order valence-corrected chi connectivity index (χ3v) is 4.84. The van der Waals surface area contributed by atoms with Crippen molar-refractivity contribution in [3.05, 3.63) is 46.6 Å². The molecule has 0 saturated carbocycles. The molecule has 0 amide bonds. The van der Waals surface area contributed by atoms with Crippen LogP contribution < -0.4 is 11.0 Å². The number of anilines is 1. The van der Waals surface area contributed by atoms with E-state index < -0.39 is 0 Å². The highest BCUT2D eigenvalue weighted by Crippen LogP contribution is 2.34. The summed E-state index contributed by atoms with van der Waals surface area (Å²) in [6.07, 6.45) is 2.90. The number of imidazole rings is 1. The molecule has 126 valence electrons. The average Bonchev–Trinajstić information content (AvgIpc) is 3.26. The van der Waals surface area contributed by atoms with E-state index in [1.165, 1.54) is 0 Å². The van der Waals surface area contributed by atoms with Gasteiger partial charge < -0.3 is 15.0 Å². The molecule has 0 radical (unpaired) electrons. The second kappa shape index (κ2) is 5.83. The van der Waals surface area contributed by atoms with Gasteiger partial charge in [-0.05, 0) is 30.7 Å². The van der Waals surface area contributed by atoms with Crippen LogP contribution in [0.15, 0.2) is 35.3 Å². The van der Waals surface area contributed by atoms with E-state index in [2.05, 4.69) is 15.4 Å². The van der Waals surface area contributed by atoms with Gasteiger partial charge in [-0.3, -0.25) is 9.25 Å². The standard InChI is InChI=1S/C17H21N5O2/c1-21-15-9-12(3-4-13(15)20-17(21)23)18-10-11-6-8-24-16(11)14-5-7-19-22(14)2/h3-5,7,9,11,16,18H,6,8,10H2,1-2H3,(H,20,23)/t11-,16+/m0/s1. The molecule has 0 aliphatic carbocycles. The molecule has 7 heteroatoms. The van der Waals surface area contributed by atoms with E-state index in [-0.39, 0.29) is 11.8 Å². The van der Waals surface area contributed by atoms with Crippen molar-refractivity contribution in [3.63, 3.8) is 0 Å². The fourth-order valence-electron chi connectivity index (χ4n) is 3.42. The number of aromatic amines is 1. The highest BCUT2D eigenvalue weighted by atomic mass is 16.5. The zero-order valence-electron chi connectivity index (χ0n) is 13.8. The average molecular weight is 327 g/mol. The quantitative estimate of drug-likeness (QED) is 0.766. The summed E-state index contributed by atoms with van der Waals surface area (Å²) in [5, 5.41) is 7.73. The maximum atomic E-state index is 11.7. The minimum atomic E-state index is -0.0948. The maximum Gasteiger partial charge on any atom is 0.326 e. The number of benzene rings is 1. The van der Waals surface area contributed by atoms with Gasteiger partial charge >= 0.3 is 5.69 Å². The second-order valence-corrected chi connectivity index (χ2v) is 6.32. The highest BCUT2D eigenvalue weighted by Gasteiger charge is 2.31. The Morgan fingerprint density at radius 1 is 1.38 bits per heavy atom.